The monoisotopic (exact) mass is 1420 g/mol. The first-order valence-electron chi connectivity index (χ1n) is 32.6. The van der Waals surface area contributed by atoms with Gasteiger partial charge in [0, 0.05) is 61.2 Å². The Morgan fingerprint density at radius 1 is 0.820 bits per heavy atom. The number of ketones is 1. The van der Waals surface area contributed by atoms with E-state index in [1.54, 1.807) is 57.2 Å². The molecular weight excluding hydrogens is 1330 g/mol. The highest BCUT2D eigenvalue weighted by Crippen LogP contribution is 2.64. The number of aliphatic hydroxyl groups is 3. The molecule has 30 heteroatoms. The largest absolute Gasteiger partial charge is 0.455 e. The van der Waals surface area contributed by atoms with Gasteiger partial charge in [-0.05, 0) is 114 Å². The van der Waals surface area contributed by atoms with Crippen molar-refractivity contribution in [3.8, 4) is 0 Å². The predicted octanol–water partition coefficient (Wildman–Crippen LogP) is 3.61. The van der Waals surface area contributed by atoms with Crippen LogP contribution in [0, 0.1) is 22.6 Å². The summed E-state index contributed by atoms with van der Waals surface area (Å²) in [7, 11) is 0. The molecule has 3 fully saturated rings. The summed E-state index contributed by atoms with van der Waals surface area (Å²) >= 11 is 5.76. The summed E-state index contributed by atoms with van der Waals surface area (Å²) in [6, 6.07) is 13.7. The van der Waals surface area contributed by atoms with Gasteiger partial charge >= 0.3 is 30.0 Å². The predicted molar refractivity (Wildman–Crippen MR) is 353 cm³/mol. The van der Waals surface area contributed by atoms with Gasteiger partial charge in [-0.15, -0.1) is 0 Å². The molecular formula is C70H87ClFN7O21. The Morgan fingerprint density at radius 3 is 2.06 bits per heavy atom. The standard InChI is InChI=1S/C70H87ClFN7O21/c1-36-46(34-70(94)59(98-63(91)41-20-14-11-15-21-41)57-68(9,58(87)55(86)53(36)67(70,7)8)47(81)33-48-69(57,35-95-48)99-38(3)80)96-64(92)56(54(40-18-12-10-13-19-40)79-65(93)100-66(4,5)6)97-52(85)30-29-49(82)75-31-17-16-22-44(60(73)88)77-51(84)28-26-45(61(74)89)78-62(90)37(2)76-50(83)27-24-39-23-25-42(71)32-43(39)72/h10-15,18-21,23-25,27,32,37,44-48,54-57,59,81,86,94H,16-17,22,26,28-31,33-35H2,1-9H3,(H2,73,88)(H2,74,89)(H,75,82)(H,76,83)(H,77,84)(H,78,90)(H,79,93)/b27-24+/t37?,44?,45-,46-,47-,48+,54+,55+,56+,57-,59-,68+,69-,70+/m0/s1. The van der Waals surface area contributed by atoms with Gasteiger partial charge in [0.25, 0.3) is 0 Å². The van der Waals surface area contributed by atoms with Crippen molar-refractivity contribution < 1.29 is 106 Å². The Morgan fingerprint density at radius 2 is 1.46 bits per heavy atom. The Bertz CT molecular complexity index is 3680. The van der Waals surface area contributed by atoms with Crippen LogP contribution in [-0.2, 0) is 76.4 Å². The van der Waals surface area contributed by atoms with Gasteiger partial charge in [0.05, 0.1) is 36.0 Å². The van der Waals surface area contributed by atoms with Gasteiger partial charge in [0.1, 0.15) is 65.6 Å². The summed E-state index contributed by atoms with van der Waals surface area (Å²) in [5.41, 5.74) is 1.67. The lowest BCUT2D eigenvalue weighted by Gasteiger charge is -2.67. The molecule has 3 aromatic rings. The number of unbranched alkanes of at least 4 members (excludes halogenated alkanes) is 1. The van der Waals surface area contributed by atoms with Gasteiger partial charge in [-0.25, -0.2) is 18.8 Å². The smallest absolute Gasteiger partial charge is 0.408 e. The summed E-state index contributed by atoms with van der Waals surface area (Å²) in [6.45, 7) is 12.4. The highest BCUT2D eigenvalue weighted by atomic mass is 35.5. The molecule has 14 atom stereocenters. The van der Waals surface area contributed by atoms with Gasteiger partial charge in [-0.3, -0.25) is 43.2 Å². The van der Waals surface area contributed by atoms with Gasteiger partial charge in [0.15, 0.2) is 11.4 Å². The van der Waals surface area contributed by atoms with E-state index in [9.17, 15) is 67.7 Å². The van der Waals surface area contributed by atoms with Crippen molar-refractivity contribution in [1.82, 2.24) is 26.6 Å². The quantitative estimate of drug-likeness (QED) is 0.0163. The molecule has 4 aliphatic rings. The highest BCUT2D eigenvalue weighted by molar-refractivity contribution is 6.30. The molecule has 0 aromatic heterocycles. The fourth-order valence-electron chi connectivity index (χ4n) is 13.4. The second-order valence-electron chi connectivity index (χ2n) is 27.1. The maximum absolute atomic E-state index is 15.4. The van der Waals surface area contributed by atoms with Crippen molar-refractivity contribution >= 4 is 88.9 Å². The number of halogens is 2. The topological polar surface area (TPSA) is 433 Å². The molecule has 100 heavy (non-hydrogen) atoms. The first-order valence-corrected chi connectivity index (χ1v) is 33.0. The number of hydrogen-bond acceptors (Lipinski definition) is 21. The summed E-state index contributed by atoms with van der Waals surface area (Å²) in [6.07, 6.45) is -12.1. The summed E-state index contributed by atoms with van der Waals surface area (Å²) < 4.78 is 50.3. The zero-order valence-electron chi connectivity index (χ0n) is 56.9. The minimum atomic E-state index is -2.54. The molecule has 28 nitrogen and oxygen atoms in total. The van der Waals surface area contributed by atoms with Gasteiger partial charge in [-0.2, -0.15) is 0 Å². The van der Waals surface area contributed by atoms with Crippen molar-refractivity contribution in [3.05, 3.63) is 124 Å². The van der Waals surface area contributed by atoms with Crippen LogP contribution in [0.5, 0.6) is 0 Å². The molecule has 0 radical (unpaired) electrons. The lowest BCUT2D eigenvalue weighted by molar-refractivity contribution is -0.346. The lowest BCUT2D eigenvalue weighted by Crippen LogP contribution is -2.81. The second kappa shape index (κ2) is 32.4. The molecule has 0 spiro atoms. The zero-order valence-corrected chi connectivity index (χ0v) is 57.6. The van der Waals surface area contributed by atoms with Crippen molar-refractivity contribution in [3.63, 3.8) is 0 Å². The van der Waals surface area contributed by atoms with E-state index in [0.29, 0.717) is 0 Å². The molecule has 2 unspecified atom stereocenters. The average Bonchev–Trinajstić information content (AvgIpc) is 0.670. The Kier molecular flexibility index (Phi) is 25.4. The number of benzene rings is 3. The van der Waals surface area contributed by atoms with E-state index in [2.05, 4.69) is 26.6 Å². The number of alkyl carbamates (subject to hydrolysis) is 1. The number of nitrogens with one attached hydrogen (secondary N) is 5. The van der Waals surface area contributed by atoms with Gasteiger partial charge < -0.3 is 81.8 Å². The fourth-order valence-corrected chi connectivity index (χ4v) is 13.6. The van der Waals surface area contributed by atoms with Crippen molar-refractivity contribution in [2.45, 2.75) is 198 Å². The Hall–Kier alpha value is -9.16. The Balaban J connectivity index is 1.04. The molecule has 1 aliphatic heterocycles. The van der Waals surface area contributed by atoms with E-state index in [1.807, 2.05) is 0 Å². The number of carbonyl (C=O) groups excluding carboxylic acids is 12. The molecule has 7 rings (SSSR count). The first-order chi connectivity index (χ1) is 46.8. The zero-order chi connectivity index (χ0) is 74.0. The van der Waals surface area contributed by atoms with Crippen LogP contribution in [-0.4, -0.2) is 171 Å². The number of nitrogens with two attached hydrogens (primary N) is 2. The molecule has 1 saturated heterocycles. The molecule has 3 aromatic carbocycles. The van der Waals surface area contributed by atoms with Gasteiger partial charge in [0.2, 0.25) is 41.5 Å². The average molecular weight is 1420 g/mol. The van der Waals surface area contributed by atoms with Crippen molar-refractivity contribution in [2.75, 3.05) is 13.2 Å². The van der Waals surface area contributed by atoms with E-state index >= 15 is 9.59 Å². The third kappa shape index (κ3) is 18.1. The minimum absolute atomic E-state index is 0.00601. The minimum Gasteiger partial charge on any atom is -0.455 e. The summed E-state index contributed by atoms with van der Waals surface area (Å²) in [5.74, 6) is -12.7. The number of esters is 4. The van der Waals surface area contributed by atoms with Crippen LogP contribution in [0.25, 0.3) is 6.08 Å². The summed E-state index contributed by atoms with van der Waals surface area (Å²) in [4.78, 5) is 163. The fraction of sp³-hybridized carbons (Fsp3) is 0.514. The molecule has 2 saturated carbocycles. The van der Waals surface area contributed by atoms with Crippen molar-refractivity contribution in [1.29, 1.82) is 0 Å². The normalized spacial score (nSPS) is 25.1. The van der Waals surface area contributed by atoms with E-state index in [4.69, 9.17) is 51.5 Å². The number of hydrogen-bond donors (Lipinski definition) is 10. The third-order valence-electron chi connectivity index (χ3n) is 18.7. The molecule has 12 N–H and O–H groups in total. The van der Waals surface area contributed by atoms with Crippen LogP contribution < -0.4 is 38.1 Å². The van der Waals surface area contributed by atoms with E-state index < -0.39 is 204 Å². The molecule has 542 valence electrons. The van der Waals surface area contributed by atoms with Gasteiger partial charge in [-0.1, -0.05) is 80.0 Å². The number of rotatable bonds is 28. The van der Waals surface area contributed by atoms with Crippen LogP contribution in [0.4, 0.5) is 9.18 Å². The van der Waals surface area contributed by atoms with Crippen LogP contribution in [0.2, 0.25) is 5.02 Å². The molecule has 2 bridgehead atoms. The maximum atomic E-state index is 15.4. The number of aliphatic hydroxyl groups excluding tert-OH is 2. The summed E-state index contributed by atoms with van der Waals surface area (Å²) in [5, 5.41) is 51.1. The second-order valence-corrected chi connectivity index (χ2v) is 27.6. The third-order valence-corrected chi connectivity index (χ3v) is 19.0. The number of ether oxygens (including phenoxy) is 6. The van der Waals surface area contributed by atoms with Crippen LogP contribution in [0.3, 0.4) is 0 Å². The van der Waals surface area contributed by atoms with Crippen molar-refractivity contribution in [2.24, 2.45) is 28.2 Å². The molecule has 3 aliphatic carbocycles. The maximum Gasteiger partial charge on any atom is 0.408 e. The van der Waals surface area contributed by atoms with E-state index in [0.717, 1.165) is 19.1 Å². The number of carbonyl (C=O) groups is 12. The van der Waals surface area contributed by atoms with Crippen LogP contribution >= 0.6 is 11.6 Å². The van der Waals surface area contributed by atoms with Crippen LogP contribution in [0.15, 0.2) is 96.1 Å². The van der Waals surface area contributed by atoms with Crippen LogP contribution in [0.1, 0.15) is 148 Å². The van der Waals surface area contributed by atoms with E-state index in [1.165, 1.54) is 77.1 Å². The highest BCUT2D eigenvalue weighted by Gasteiger charge is 2.78. The lowest BCUT2D eigenvalue weighted by atomic mass is 9.44. The first kappa shape index (κ1) is 78.2. The van der Waals surface area contributed by atoms with E-state index in [-0.39, 0.29) is 71.5 Å². The SMILES string of the molecule is CC(=O)O[C@@]12CO[C@@H]1C[C@H](O)[C@@]1(C)C(=O)[C@H](O)C3=C(C)[C@@H](OC(=O)[C@H](OC(=O)CCC(=O)NCCCCC(NC(=O)CC[C@H](NC(=O)C(C)NC(=O)/C=C/c4ccc(Cl)cc4F)C(N)=O)C(N)=O)[C@H](NC(=O)OC(C)(C)C)c4ccccc4)C[C@@](O)([C@@H](OC(=O)c4ccccc4)[C@H]21)C3(C)C. The number of Topliss-reactive ketones (excluding diaryl/α,β-unsaturated/α-hetero) is 1. The number of amides is 7. The number of fused-ring (bicyclic) bond motifs is 5. The Labute approximate surface area is 581 Å². The number of primary amides is 2. The molecule has 7 amide bonds. The molecule has 1 heterocycles.